The summed E-state index contributed by atoms with van der Waals surface area (Å²) in [5.41, 5.74) is 1.70. The molecule has 5 saturated carbocycles. The molecule has 3 nitrogen and oxygen atoms in total. The Labute approximate surface area is 158 Å². The Kier molecular flexibility index (Phi) is 3.54. The minimum absolute atomic E-state index is 0.0361. The number of aliphatic hydroxyl groups is 1. The Balaban J connectivity index is 1.38. The molecule has 0 aromatic heterocycles. The van der Waals surface area contributed by atoms with Gasteiger partial charge in [-0.1, -0.05) is 13.3 Å². The van der Waals surface area contributed by atoms with Crippen molar-refractivity contribution in [1.82, 2.24) is 4.90 Å². The van der Waals surface area contributed by atoms with E-state index in [2.05, 4.69) is 11.8 Å². The molecule has 1 N–H and O–H groups in total. The van der Waals surface area contributed by atoms with Crippen LogP contribution in [0.5, 0.6) is 0 Å². The molecule has 0 amide bonds. The standard InChI is InChI=1S/C23H37NO2/c1-21-6-2-3-18(21)17-13-20(24-9-11-26-12-10-24)23-14-16(25)4-8-22(23,15-23)19(17)5-7-21/h16-20,25H,2-15H2,1H3/t16-,17-,18-,19-,20?,21-,22-,23+/m0/s1. The van der Waals surface area contributed by atoms with Crippen molar-refractivity contribution in [3.8, 4) is 0 Å². The van der Waals surface area contributed by atoms with Gasteiger partial charge in [-0.05, 0) is 91.8 Å². The zero-order valence-corrected chi connectivity index (χ0v) is 16.6. The maximum absolute atomic E-state index is 10.6. The Morgan fingerprint density at radius 2 is 1.81 bits per heavy atom. The van der Waals surface area contributed by atoms with Crippen LogP contribution in [0.3, 0.4) is 0 Å². The number of hydrogen-bond donors (Lipinski definition) is 1. The molecule has 1 unspecified atom stereocenters. The predicted octanol–water partition coefficient (Wildman–Crippen LogP) is 3.84. The van der Waals surface area contributed by atoms with Crippen molar-refractivity contribution < 1.29 is 9.84 Å². The average molecular weight is 360 g/mol. The maximum atomic E-state index is 10.6. The fourth-order valence-electron chi connectivity index (χ4n) is 9.52. The van der Waals surface area contributed by atoms with Crippen molar-refractivity contribution in [1.29, 1.82) is 0 Å². The van der Waals surface area contributed by atoms with Gasteiger partial charge in [0.1, 0.15) is 0 Å². The smallest absolute Gasteiger partial charge is 0.0594 e. The molecule has 0 radical (unpaired) electrons. The van der Waals surface area contributed by atoms with E-state index in [1.165, 1.54) is 51.4 Å². The number of nitrogens with zero attached hydrogens (tertiary/aromatic N) is 1. The second kappa shape index (κ2) is 5.48. The van der Waals surface area contributed by atoms with Gasteiger partial charge in [0.15, 0.2) is 0 Å². The highest BCUT2D eigenvalue weighted by atomic mass is 16.5. The van der Waals surface area contributed by atoms with E-state index in [9.17, 15) is 5.11 Å². The van der Waals surface area contributed by atoms with E-state index >= 15 is 0 Å². The lowest BCUT2D eigenvalue weighted by molar-refractivity contribution is -0.117. The molecule has 1 saturated heterocycles. The summed E-state index contributed by atoms with van der Waals surface area (Å²) in [5, 5.41) is 10.6. The van der Waals surface area contributed by atoms with Crippen molar-refractivity contribution in [2.45, 2.75) is 83.3 Å². The topological polar surface area (TPSA) is 32.7 Å². The third-order valence-electron chi connectivity index (χ3n) is 10.6. The summed E-state index contributed by atoms with van der Waals surface area (Å²) in [5.74, 6) is 2.93. The van der Waals surface area contributed by atoms with Crippen molar-refractivity contribution in [3.63, 3.8) is 0 Å². The van der Waals surface area contributed by atoms with Crippen LogP contribution >= 0.6 is 0 Å². The molecule has 6 aliphatic rings. The minimum Gasteiger partial charge on any atom is -0.393 e. The summed E-state index contributed by atoms with van der Waals surface area (Å²) in [4.78, 5) is 2.81. The van der Waals surface area contributed by atoms with Gasteiger partial charge in [-0.3, -0.25) is 4.90 Å². The van der Waals surface area contributed by atoms with E-state index in [0.717, 1.165) is 62.9 Å². The minimum atomic E-state index is -0.0361. The van der Waals surface area contributed by atoms with Crippen molar-refractivity contribution >= 4 is 0 Å². The van der Waals surface area contributed by atoms with Crippen LogP contribution in [-0.2, 0) is 4.74 Å². The Morgan fingerprint density at radius 3 is 2.65 bits per heavy atom. The quantitative estimate of drug-likeness (QED) is 0.772. The zero-order chi connectivity index (χ0) is 17.6. The number of fused-ring (bicyclic) bond motifs is 3. The Hall–Kier alpha value is -0.120. The molecule has 26 heavy (non-hydrogen) atoms. The molecule has 6 rings (SSSR count). The van der Waals surface area contributed by atoms with Crippen LogP contribution in [0.4, 0.5) is 0 Å². The highest BCUT2D eigenvalue weighted by Gasteiger charge is 2.79. The molecule has 0 aromatic rings. The Morgan fingerprint density at radius 1 is 0.962 bits per heavy atom. The summed E-state index contributed by atoms with van der Waals surface area (Å²) in [6.07, 6.45) is 13.8. The largest absolute Gasteiger partial charge is 0.393 e. The van der Waals surface area contributed by atoms with Crippen molar-refractivity contribution in [3.05, 3.63) is 0 Å². The average Bonchev–Trinajstić information content (AvgIpc) is 3.18. The van der Waals surface area contributed by atoms with E-state index in [1.807, 2.05) is 0 Å². The molecule has 6 fully saturated rings. The zero-order valence-electron chi connectivity index (χ0n) is 16.6. The van der Waals surface area contributed by atoms with Crippen LogP contribution in [0.15, 0.2) is 0 Å². The molecule has 5 aliphatic carbocycles. The predicted molar refractivity (Wildman–Crippen MR) is 102 cm³/mol. The van der Waals surface area contributed by atoms with Gasteiger partial charge in [0, 0.05) is 19.1 Å². The van der Waals surface area contributed by atoms with Gasteiger partial charge in [0.2, 0.25) is 0 Å². The van der Waals surface area contributed by atoms with E-state index in [0.29, 0.717) is 16.2 Å². The first-order valence-electron chi connectivity index (χ1n) is 11.6. The first-order chi connectivity index (χ1) is 12.6. The molecule has 146 valence electrons. The second-order valence-corrected chi connectivity index (χ2v) is 11.2. The van der Waals surface area contributed by atoms with E-state index in [-0.39, 0.29) is 6.10 Å². The molecule has 0 bridgehead atoms. The van der Waals surface area contributed by atoms with Crippen LogP contribution in [-0.4, -0.2) is 48.5 Å². The molecular weight excluding hydrogens is 322 g/mol. The maximum Gasteiger partial charge on any atom is 0.0594 e. The summed E-state index contributed by atoms with van der Waals surface area (Å²) in [7, 11) is 0. The lowest BCUT2D eigenvalue weighted by Gasteiger charge is -2.59. The van der Waals surface area contributed by atoms with E-state index in [1.54, 1.807) is 0 Å². The van der Waals surface area contributed by atoms with Crippen LogP contribution < -0.4 is 0 Å². The number of aliphatic hydroxyl groups excluding tert-OH is 1. The van der Waals surface area contributed by atoms with E-state index in [4.69, 9.17) is 4.74 Å². The molecule has 1 aliphatic heterocycles. The number of ether oxygens (including phenoxy) is 1. The van der Waals surface area contributed by atoms with E-state index < -0.39 is 0 Å². The molecule has 1 heterocycles. The second-order valence-electron chi connectivity index (χ2n) is 11.2. The van der Waals surface area contributed by atoms with Crippen LogP contribution in [0.2, 0.25) is 0 Å². The van der Waals surface area contributed by atoms with Gasteiger partial charge in [-0.15, -0.1) is 0 Å². The first kappa shape index (κ1) is 16.8. The number of hydrogen-bond acceptors (Lipinski definition) is 3. The summed E-state index contributed by atoms with van der Waals surface area (Å²) in [6.45, 7) is 6.70. The van der Waals surface area contributed by atoms with Gasteiger partial charge < -0.3 is 9.84 Å². The van der Waals surface area contributed by atoms with Gasteiger partial charge in [0.05, 0.1) is 19.3 Å². The summed E-state index contributed by atoms with van der Waals surface area (Å²) < 4.78 is 5.69. The van der Waals surface area contributed by atoms with Crippen molar-refractivity contribution in [2.75, 3.05) is 26.3 Å². The summed E-state index contributed by atoms with van der Waals surface area (Å²) >= 11 is 0. The lowest BCUT2D eigenvalue weighted by Crippen LogP contribution is -2.58. The van der Waals surface area contributed by atoms with Gasteiger partial charge in [-0.25, -0.2) is 0 Å². The molecular formula is C23H37NO2. The monoisotopic (exact) mass is 359 g/mol. The lowest BCUT2D eigenvalue weighted by atomic mass is 9.49. The summed E-state index contributed by atoms with van der Waals surface area (Å²) in [6, 6.07) is 0.727. The fraction of sp³-hybridized carbons (Fsp3) is 1.00. The van der Waals surface area contributed by atoms with Gasteiger partial charge in [0.25, 0.3) is 0 Å². The Bertz CT molecular complexity index is 589. The number of rotatable bonds is 1. The molecule has 0 spiro atoms. The normalized spacial score (nSPS) is 59.1. The third-order valence-corrected chi connectivity index (χ3v) is 10.6. The van der Waals surface area contributed by atoms with Crippen LogP contribution in [0, 0.1) is 34.0 Å². The third kappa shape index (κ3) is 2.01. The van der Waals surface area contributed by atoms with Gasteiger partial charge >= 0.3 is 0 Å². The molecule has 3 heteroatoms. The highest BCUT2D eigenvalue weighted by Crippen LogP contribution is 2.83. The van der Waals surface area contributed by atoms with Crippen molar-refractivity contribution in [2.24, 2.45) is 34.0 Å². The van der Waals surface area contributed by atoms with Crippen LogP contribution in [0.1, 0.15) is 71.1 Å². The highest BCUT2D eigenvalue weighted by molar-refractivity contribution is 5.28. The SMILES string of the molecule is C[C@@]12CCC[C@H]1[C@@H]1CC(N3CCOCC3)[C@]34C[C@@H](O)CC[C@]3(C4)[C@H]1CC2. The first-order valence-corrected chi connectivity index (χ1v) is 11.6. The molecule has 8 atom stereocenters. The molecule has 0 aromatic carbocycles. The number of morpholine rings is 1. The van der Waals surface area contributed by atoms with Crippen LogP contribution in [0.25, 0.3) is 0 Å². The van der Waals surface area contributed by atoms with Gasteiger partial charge in [-0.2, -0.15) is 0 Å². The fourth-order valence-corrected chi connectivity index (χ4v) is 9.52.